The molecular weight excluding hydrogens is 325 g/mol. The Hall–Kier alpha value is -3.16. The summed E-state index contributed by atoms with van der Waals surface area (Å²) in [4.78, 5) is 20.9. The number of fused-ring (bicyclic) bond motifs is 1. The van der Waals surface area contributed by atoms with E-state index in [0.717, 1.165) is 11.0 Å². The van der Waals surface area contributed by atoms with E-state index in [1.807, 2.05) is 17.7 Å². The summed E-state index contributed by atoms with van der Waals surface area (Å²) in [5.74, 6) is 0.130. The van der Waals surface area contributed by atoms with Crippen molar-refractivity contribution in [3.8, 4) is 0 Å². The fraction of sp³-hybridized carbons (Fsp3) is 0.235. The summed E-state index contributed by atoms with van der Waals surface area (Å²) in [6, 6.07) is 5.97. The number of aromatic nitrogens is 3. The second-order valence-electron chi connectivity index (χ2n) is 5.83. The van der Waals surface area contributed by atoms with E-state index in [4.69, 9.17) is 5.11 Å². The topological polar surface area (TPSA) is 83.3 Å². The maximum atomic E-state index is 14.6. The summed E-state index contributed by atoms with van der Waals surface area (Å²) in [7, 11) is 3.60. The Bertz CT molecular complexity index is 940. The van der Waals surface area contributed by atoms with Gasteiger partial charge in [0.25, 0.3) is 0 Å². The van der Waals surface area contributed by atoms with E-state index in [1.54, 1.807) is 43.5 Å². The van der Waals surface area contributed by atoms with Crippen LogP contribution in [0.15, 0.2) is 36.8 Å². The first-order valence-electron chi connectivity index (χ1n) is 7.66. The predicted molar refractivity (Wildman–Crippen MR) is 92.5 cm³/mol. The van der Waals surface area contributed by atoms with Crippen molar-refractivity contribution in [2.45, 2.75) is 13.0 Å². The highest BCUT2D eigenvalue weighted by Crippen LogP contribution is 2.28. The van der Waals surface area contributed by atoms with Gasteiger partial charge >= 0.3 is 6.09 Å². The fourth-order valence-corrected chi connectivity index (χ4v) is 2.66. The molecule has 0 fully saturated rings. The van der Waals surface area contributed by atoms with E-state index in [1.165, 1.54) is 6.07 Å². The molecule has 0 aliphatic rings. The lowest BCUT2D eigenvalue weighted by molar-refractivity contribution is 0.191. The number of benzene rings is 1. The molecule has 1 amide bonds. The number of pyridine rings is 1. The van der Waals surface area contributed by atoms with Crippen LogP contribution in [0, 0.1) is 5.82 Å². The Balaban J connectivity index is 1.91. The van der Waals surface area contributed by atoms with Crippen molar-refractivity contribution in [3.05, 3.63) is 48.2 Å². The first-order valence-corrected chi connectivity index (χ1v) is 7.66. The van der Waals surface area contributed by atoms with Crippen LogP contribution in [-0.4, -0.2) is 32.8 Å². The second kappa shape index (κ2) is 6.39. The summed E-state index contributed by atoms with van der Waals surface area (Å²) in [6.07, 6.45) is 2.19. The normalized spacial score (nSPS) is 12.2. The number of carbonyl (C=O) groups is 1. The van der Waals surface area contributed by atoms with E-state index < -0.39 is 18.0 Å². The Morgan fingerprint density at radius 3 is 2.80 bits per heavy atom. The zero-order valence-corrected chi connectivity index (χ0v) is 14.1. The molecular formula is C17H18FN5O2. The average molecular weight is 343 g/mol. The van der Waals surface area contributed by atoms with Gasteiger partial charge in [0.15, 0.2) is 0 Å². The zero-order valence-electron chi connectivity index (χ0n) is 14.1. The van der Waals surface area contributed by atoms with E-state index >= 15 is 0 Å². The molecule has 0 saturated heterocycles. The molecule has 3 rings (SSSR count). The molecule has 0 aliphatic carbocycles. The molecule has 7 nitrogen and oxygen atoms in total. The van der Waals surface area contributed by atoms with Gasteiger partial charge in [-0.05, 0) is 24.6 Å². The highest BCUT2D eigenvalue weighted by atomic mass is 19.1. The van der Waals surface area contributed by atoms with Crippen molar-refractivity contribution in [2.24, 2.45) is 7.05 Å². The Labute approximate surface area is 143 Å². The van der Waals surface area contributed by atoms with Gasteiger partial charge in [0.1, 0.15) is 17.2 Å². The van der Waals surface area contributed by atoms with Crippen LogP contribution >= 0.6 is 0 Å². The van der Waals surface area contributed by atoms with Crippen molar-refractivity contribution in [3.63, 3.8) is 0 Å². The average Bonchev–Trinajstić information content (AvgIpc) is 2.94. The first-order chi connectivity index (χ1) is 11.9. The van der Waals surface area contributed by atoms with E-state index in [-0.39, 0.29) is 0 Å². The molecule has 3 aromatic rings. The van der Waals surface area contributed by atoms with Crippen LogP contribution < -0.4 is 10.2 Å². The standard InChI is InChI=1S/C17H18FN5O2/c1-10(21-17(24)25)11-4-5-14(12(18)6-11)23(3)16-7-15-13(8-19-16)20-9-22(15)2/h4-10,21H,1-3H3,(H,24,25). The number of imidazole rings is 1. The van der Waals surface area contributed by atoms with Crippen molar-refractivity contribution in [2.75, 3.05) is 11.9 Å². The number of nitrogens with zero attached hydrogens (tertiary/aromatic N) is 4. The molecule has 2 heterocycles. The minimum absolute atomic E-state index is 0.347. The van der Waals surface area contributed by atoms with Gasteiger partial charge in [0.2, 0.25) is 0 Å². The van der Waals surface area contributed by atoms with Crippen LogP contribution in [0.25, 0.3) is 11.0 Å². The summed E-state index contributed by atoms with van der Waals surface area (Å²) < 4.78 is 16.4. The SMILES string of the molecule is CC(NC(=O)O)c1ccc(N(C)c2cc3c(cn2)ncn3C)c(F)c1. The summed E-state index contributed by atoms with van der Waals surface area (Å²) >= 11 is 0. The molecule has 25 heavy (non-hydrogen) atoms. The minimum atomic E-state index is -1.15. The van der Waals surface area contributed by atoms with Crippen molar-refractivity contribution >= 4 is 28.6 Å². The van der Waals surface area contributed by atoms with Crippen LogP contribution in [0.4, 0.5) is 20.7 Å². The highest BCUT2D eigenvalue weighted by molar-refractivity contribution is 5.78. The minimum Gasteiger partial charge on any atom is -0.465 e. The molecule has 1 atom stereocenters. The third-order valence-electron chi connectivity index (χ3n) is 4.11. The number of nitrogens with one attached hydrogen (secondary N) is 1. The fourth-order valence-electron chi connectivity index (χ4n) is 2.66. The third kappa shape index (κ3) is 3.23. The largest absolute Gasteiger partial charge is 0.465 e. The highest BCUT2D eigenvalue weighted by Gasteiger charge is 2.15. The molecule has 8 heteroatoms. The lowest BCUT2D eigenvalue weighted by Gasteiger charge is -2.20. The van der Waals surface area contributed by atoms with Crippen LogP contribution in [0.5, 0.6) is 0 Å². The van der Waals surface area contributed by atoms with E-state index in [0.29, 0.717) is 17.1 Å². The van der Waals surface area contributed by atoms with Crippen LogP contribution in [-0.2, 0) is 7.05 Å². The molecule has 0 bridgehead atoms. The van der Waals surface area contributed by atoms with Gasteiger partial charge in [-0.3, -0.25) is 0 Å². The second-order valence-corrected chi connectivity index (χ2v) is 5.83. The van der Waals surface area contributed by atoms with E-state index in [9.17, 15) is 9.18 Å². The van der Waals surface area contributed by atoms with Gasteiger partial charge in [-0.1, -0.05) is 6.07 Å². The summed E-state index contributed by atoms with van der Waals surface area (Å²) in [6.45, 7) is 1.66. The van der Waals surface area contributed by atoms with Crippen LogP contribution in [0.2, 0.25) is 0 Å². The Morgan fingerprint density at radius 1 is 1.36 bits per heavy atom. The number of anilines is 2. The molecule has 1 aromatic carbocycles. The molecule has 2 N–H and O–H groups in total. The quantitative estimate of drug-likeness (QED) is 0.760. The number of hydrogen-bond acceptors (Lipinski definition) is 4. The Morgan fingerprint density at radius 2 is 2.12 bits per heavy atom. The number of aryl methyl sites for hydroxylation is 1. The number of carboxylic acid groups (broad SMARTS) is 1. The molecule has 0 saturated carbocycles. The molecule has 130 valence electrons. The number of amides is 1. The maximum absolute atomic E-state index is 14.6. The van der Waals surface area contributed by atoms with Crippen LogP contribution in [0.1, 0.15) is 18.5 Å². The van der Waals surface area contributed by atoms with Gasteiger partial charge in [0, 0.05) is 20.2 Å². The lowest BCUT2D eigenvalue weighted by atomic mass is 10.1. The number of rotatable bonds is 4. The molecule has 0 spiro atoms. The van der Waals surface area contributed by atoms with Gasteiger partial charge < -0.3 is 19.9 Å². The van der Waals surface area contributed by atoms with Crippen LogP contribution in [0.3, 0.4) is 0 Å². The number of hydrogen-bond donors (Lipinski definition) is 2. The van der Waals surface area contributed by atoms with Gasteiger partial charge in [-0.15, -0.1) is 0 Å². The maximum Gasteiger partial charge on any atom is 0.405 e. The summed E-state index contributed by atoms with van der Waals surface area (Å²) in [5.41, 5.74) is 2.56. The monoisotopic (exact) mass is 343 g/mol. The smallest absolute Gasteiger partial charge is 0.405 e. The van der Waals surface area contributed by atoms with Crippen molar-refractivity contribution in [1.29, 1.82) is 0 Å². The van der Waals surface area contributed by atoms with Gasteiger partial charge in [-0.2, -0.15) is 0 Å². The van der Waals surface area contributed by atoms with Crippen molar-refractivity contribution < 1.29 is 14.3 Å². The lowest BCUT2D eigenvalue weighted by Crippen LogP contribution is -2.24. The zero-order chi connectivity index (χ0) is 18.1. The molecule has 2 aromatic heterocycles. The molecule has 0 aliphatic heterocycles. The molecule has 0 radical (unpaired) electrons. The summed E-state index contributed by atoms with van der Waals surface area (Å²) in [5, 5.41) is 11.1. The van der Waals surface area contributed by atoms with Gasteiger partial charge in [-0.25, -0.2) is 19.2 Å². The molecule has 1 unspecified atom stereocenters. The van der Waals surface area contributed by atoms with E-state index in [2.05, 4.69) is 15.3 Å². The number of halogens is 1. The third-order valence-corrected chi connectivity index (χ3v) is 4.11. The predicted octanol–water partition coefficient (Wildman–Crippen LogP) is 3.20. The Kier molecular flexibility index (Phi) is 4.26. The first kappa shape index (κ1) is 16.7. The van der Waals surface area contributed by atoms with Crippen molar-refractivity contribution in [1.82, 2.24) is 19.9 Å². The van der Waals surface area contributed by atoms with Gasteiger partial charge in [0.05, 0.1) is 29.8 Å².